The molecule has 0 aromatic heterocycles. The first-order chi connectivity index (χ1) is 6.74. The van der Waals surface area contributed by atoms with Gasteiger partial charge in [0.25, 0.3) is 0 Å². The Morgan fingerprint density at radius 2 is 2.50 bits per heavy atom. The second-order valence-corrected chi connectivity index (χ2v) is 3.96. The molecule has 0 saturated carbocycles. The molecule has 0 fully saturated rings. The summed E-state index contributed by atoms with van der Waals surface area (Å²) in [7, 11) is 0. The fourth-order valence-corrected chi connectivity index (χ4v) is 1.83. The highest BCUT2D eigenvalue weighted by atomic mass is 32.1. The van der Waals surface area contributed by atoms with Crippen molar-refractivity contribution in [2.75, 3.05) is 13.2 Å². The highest BCUT2D eigenvalue weighted by molar-refractivity contribution is 7.80. The quantitative estimate of drug-likeness (QED) is 0.483. The van der Waals surface area contributed by atoms with Gasteiger partial charge in [-0.3, -0.25) is 0 Å². The molecule has 1 atom stereocenters. The van der Waals surface area contributed by atoms with Gasteiger partial charge in [-0.15, -0.1) is 0 Å². The minimum Gasteiger partial charge on any atom is -0.395 e. The second-order valence-electron chi connectivity index (χ2n) is 3.56. The van der Waals surface area contributed by atoms with E-state index < -0.39 is 0 Å². The van der Waals surface area contributed by atoms with E-state index in [1.165, 1.54) is 18.4 Å². The van der Waals surface area contributed by atoms with Crippen molar-refractivity contribution in [3.8, 4) is 0 Å². The van der Waals surface area contributed by atoms with Crippen LogP contribution in [0.25, 0.3) is 0 Å². The minimum atomic E-state index is 0.112. The van der Waals surface area contributed by atoms with Gasteiger partial charge in [0.05, 0.1) is 6.61 Å². The van der Waals surface area contributed by atoms with E-state index in [0.29, 0.717) is 17.7 Å². The molecule has 1 unspecified atom stereocenters. The summed E-state index contributed by atoms with van der Waals surface area (Å²) in [5.74, 6) is 0. The van der Waals surface area contributed by atoms with E-state index in [4.69, 9.17) is 17.3 Å². The molecule has 0 saturated heterocycles. The van der Waals surface area contributed by atoms with Gasteiger partial charge >= 0.3 is 0 Å². The van der Waals surface area contributed by atoms with Gasteiger partial charge in [-0.05, 0) is 38.4 Å². The number of aliphatic hydroxyl groups is 1. The minimum absolute atomic E-state index is 0.112. The maximum atomic E-state index is 8.61. The molecular weight excluding hydrogens is 196 g/mol. The lowest BCUT2D eigenvalue weighted by molar-refractivity contribution is 0.300. The Labute approximate surface area is 90.6 Å². The van der Waals surface area contributed by atoms with Crippen LogP contribution in [0.15, 0.2) is 11.6 Å². The average molecular weight is 214 g/mol. The Hall–Kier alpha value is -0.610. The Morgan fingerprint density at radius 3 is 3.14 bits per heavy atom. The van der Waals surface area contributed by atoms with Crippen LogP contribution in [-0.4, -0.2) is 29.4 Å². The lowest BCUT2D eigenvalue weighted by atomic mass is 9.95. The van der Waals surface area contributed by atoms with Crippen LogP contribution >= 0.6 is 12.2 Å². The lowest BCUT2D eigenvalue weighted by Gasteiger charge is -2.24. The molecule has 3 nitrogen and oxygen atoms in total. The number of hydrogen-bond acceptors (Lipinski definition) is 2. The van der Waals surface area contributed by atoms with Crippen molar-refractivity contribution in [3.63, 3.8) is 0 Å². The highest BCUT2D eigenvalue weighted by Crippen LogP contribution is 2.17. The fraction of sp³-hybridized carbons (Fsp3) is 0.700. The number of allylic oxidation sites excluding steroid dienone is 1. The van der Waals surface area contributed by atoms with Gasteiger partial charge in [-0.25, -0.2) is 0 Å². The predicted molar refractivity (Wildman–Crippen MR) is 62.2 cm³/mol. The molecule has 80 valence electrons. The van der Waals surface area contributed by atoms with Crippen LogP contribution in [0, 0.1) is 0 Å². The molecule has 0 heterocycles. The zero-order valence-corrected chi connectivity index (χ0v) is 9.36. The normalized spacial score (nSPS) is 21.3. The monoisotopic (exact) mass is 214 g/mol. The van der Waals surface area contributed by atoms with Crippen LogP contribution in [0.4, 0.5) is 0 Å². The molecule has 1 rings (SSSR count). The number of thiocarbonyl (C=S) groups is 1. The van der Waals surface area contributed by atoms with Crippen LogP contribution in [0.5, 0.6) is 0 Å². The molecule has 1 aliphatic carbocycles. The molecule has 0 spiro atoms. The Kier molecular flexibility index (Phi) is 4.90. The standard InChI is InChI=1S/C10H18N2OS/c1-8-4-2-3-5-9(8)12-10(14)11-6-7-13/h4,9,13H,2-3,5-7H2,1H3,(H2,11,12,14). The number of nitrogens with one attached hydrogen (secondary N) is 2. The van der Waals surface area contributed by atoms with Gasteiger partial charge in [0.2, 0.25) is 0 Å². The van der Waals surface area contributed by atoms with Crippen LogP contribution in [0.1, 0.15) is 26.2 Å². The van der Waals surface area contributed by atoms with Gasteiger partial charge in [0.1, 0.15) is 0 Å². The Morgan fingerprint density at radius 1 is 1.71 bits per heavy atom. The van der Waals surface area contributed by atoms with E-state index in [2.05, 4.69) is 23.6 Å². The van der Waals surface area contributed by atoms with Gasteiger partial charge < -0.3 is 15.7 Å². The number of rotatable bonds is 3. The van der Waals surface area contributed by atoms with E-state index in [1.807, 2.05) is 0 Å². The first-order valence-corrected chi connectivity index (χ1v) is 5.46. The SMILES string of the molecule is CC1=CCCCC1NC(=S)NCCO. The summed E-state index contributed by atoms with van der Waals surface area (Å²) >= 11 is 5.09. The third-order valence-electron chi connectivity index (χ3n) is 2.42. The topological polar surface area (TPSA) is 44.3 Å². The fourth-order valence-electron chi connectivity index (χ4n) is 1.59. The first-order valence-electron chi connectivity index (χ1n) is 5.06. The summed E-state index contributed by atoms with van der Waals surface area (Å²) < 4.78 is 0. The van der Waals surface area contributed by atoms with Crippen LogP contribution in [0.3, 0.4) is 0 Å². The number of aliphatic hydroxyl groups excluding tert-OH is 1. The molecule has 1 aliphatic rings. The van der Waals surface area contributed by atoms with E-state index >= 15 is 0 Å². The highest BCUT2D eigenvalue weighted by Gasteiger charge is 2.14. The molecule has 4 heteroatoms. The van der Waals surface area contributed by atoms with Crippen molar-refractivity contribution in [2.45, 2.75) is 32.2 Å². The van der Waals surface area contributed by atoms with E-state index in [1.54, 1.807) is 0 Å². The van der Waals surface area contributed by atoms with Gasteiger partial charge in [-0.1, -0.05) is 11.6 Å². The van der Waals surface area contributed by atoms with Crippen molar-refractivity contribution in [1.82, 2.24) is 10.6 Å². The van der Waals surface area contributed by atoms with Crippen LogP contribution in [-0.2, 0) is 0 Å². The third-order valence-corrected chi connectivity index (χ3v) is 2.68. The summed E-state index contributed by atoms with van der Waals surface area (Å²) in [6.45, 7) is 2.76. The predicted octanol–water partition coefficient (Wildman–Crippen LogP) is 0.942. The smallest absolute Gasteiger partial charge is 0.166 e. The zero-order chi connectivity index (χ0) is 10.4. The molecule has 3 N–H and O–H groups in total. The summed E-state index contributed by atoms with van der Waals surface area (Å²) in [6.07, 6.45) is 5.80. The maximum absolute atomic E-state index is 8.61. The largest absolute Gasteiger partial charge is 0.395 e. The molecule has 14 heavy (non-hydrogen) atoms. The van der Waals surface area contributed by atoms with Crippen LogP contribution < -0.4 is 10.6 Å². The molecule has 0 aliphatic heterocycles. The van der Waals surface area contributed by atoms with E-state index in [-0.39, 0.29) is 6.61 Å². The summed E-state index contributed by atoms with van der Waals surface area (Å²) in [5.41, 5.74) is 1.37. The van der Waals surface area contributed by atoms with Crippen molar-refractivity contribution in [1.29, 1.82) is 0 Å². The Bertz CT molecular complexity index is 228. The van der Waals surface area contributed by atoms with Gasteiger partial charge in [0, 0.05) is 12.6 Å². The van der Waals surface area contributed by atoms with Crippen molar-refractivity contribution in [3.05, 3.63) is 11.6 Å². The molecule has 0 amide bonds. The van der Waals surface area contributed by atoms with Crippen molar-refractivity contribution in [2.24, 2.45) is 0 Å². The average Bonchev–Trinajstić information content (AvgIpc) is 2.18. The second kappa shape index (κ2) is 5.98. The Balaban J connectivity index is 2.32. The molecule has 0 aromatic carbocycles. The van der Waals surface area contributed by atoms with Crippen molar-refractivity contribution >= 4 is 17.3 Å². The van der Waals surface area contributed by atoms with Crippen molar-refractivity contribution < 1.29 is 5.11 Å². The molecule has 0 bridgehead atoms. The zero-order valence-electron chi connectivity index (χ0n) is 8.55. The van der Waals surface area contributed by atoms with Crippen LogP contribution in [0.2, 0.25) is 0 Å². The van der Waals surface area contributed by atoms with E-state index in [0.717, 1.165) is 6.42 Å². The molecular formula is C10H18N2OS. The number of hydrogen-bond donors (Lipinski definition) is 3. The van der Waals surface area contributed by atoms with E-state index in [9.17, 15) is 0 Å². The summed E-state index contributed by atoms with van der Waals surface area (Å²) in [4.78, 5) is 0. The first kappa shape index (κ1) is 11.5. The summed E-state index contributed by atoms with van der Waals surface area (Å²) in [6, 6.07) is 0.377. The maximum Gasteiger partial charge on any atom is 0.166 e. The van der Waals surface area contributed by atoms with Gasteiger partial charge in [-0.2, -0.15) is 0 Å². The molecule has 0 aromatic rings. The van der Waals surface area contributed by atoms with Gasteiger partial charge in [0.15, 0.2) is 5.11 Å². The third kappa shape index (κ3) is 3.64. The molecule has 0 radical (unpaired) electrons. The lowest BCUT2D eigenvalue weighted by Crippen LogP contribution is -2.43. The summed E-state index contributed by atoms with van der Waals surface area (Å²) in [5, 5.41) is 15.4.